The van der Waals surface area contributed by atoms with Gasteiger partial charge in [-0.1, -0.05) is 18.2 Å². The SMILES string of the molecule is Cl.Cl.c1ccc2c(c1)Cc1c(ccc(N3CCCC3)c1N1CCCC1)O2. The van der Waals surface area contributed by atoms with Crippen molar-refractivity contribution in [1.82, 2.24) is 0 Å². The van der Waals surface area contributed by atoms with Gasteiger partial charge in [0.05, 0.1) is 11.4 Å². The third-order valence-corrected chi connectivity index (χ3v) is 5.65. The van der Waals surface area contributed by atoms with Crippen LogP contribution < -0.4 is 14.5 Å². The molecule has 0 bridgehead atoms. The standard InChI is InChI=1S/C21H24N2O.2ClH/c1-2-8-19-16(7-1)15-17-20(24-19)10-9-18(22-11-3-4-12-22)21(17)23-13-5-6-14-23;;/h1-2,7-10H,3-6,11-15H2;2*1H. The van der Waals surface area contributed by atoms with Crippen LogP contribution in [0.2, 0.25) is 0 Å². The van der Waals surface area contributed by atoms with E-state index in [9.17, 15) is 0 Å². The number of benzene rings is 2. The summed E-state index contributed by atoms with van der Waals surface area (Å²) in [5.41, 5.74) is 5.57. The van der Waals surface area contributed by atoms with Crippen molar-refractivity contribution in [2.45, 2.75) is 32.1 Å². The fourth-order valence-corrected chi connectivity index (χ4v) is 4.44. The molecule has 0 saturated carbocycles. The smallest absolute Gasteiger partial charge is 0.133 e. The predicted octanol–water partition coefficient (Wildman–Crippen LogP) is 5.43. The van der Waals surface area contributed by atoms with Gasteiger partial charge in [-0.05, 0) is 49.4 Å². The Morgan fingerprint density at radius 3 is 2.08 bits per heavy atom. The van der Waals surface area contributed by atoms with Gasteiger partial charge in [0.15, 0.2) is 0 Å². The van der Waals surface area contributed by atoms with Crippen molar-refractivity contribution in [2.24, 2.45) is 0 Å². The van der Waals surface area contributed by atoms with E-state index in [0.717, 1.165) is 17.9 Å². The van der Waals surface area contributed by atoms with Crippen molar-refractivity contribution < 1.29 is 4.74 Å². The molecular weight excluding hydrogens is 367 g/mol. The Morgan fingerprint density at radius 2 is 1.35 bits per heavy atom. The number of ether oxygens (including phenoxy) is 1. The maximum absolute atomic E-state index is 6.25. The topological polar surface area (TPSA) is 15.7 Å². The summed E-state index contributed by atoms with van der Waals surface area (Å²) in [5, 5.41) is 0. The number of fused-ring (bicyclic) bond motifs is 2. The molecular formula is C21H26Cl2N2O. The second-order valence-electron chi connectivity index (χ2n) is 7.18. The lowest BCUT2D eigenvalue weighted by atomic mass is 9.97. The number of para-hydroxylation sites is 1. The molecule has 2 saturated heterocycles. The van der Waals surface area contributed by atoms with E-state index < -0.39 is 0 Å². The summed E-state index contributed by atoms with van der Waals surface area (Å²) >= 11 is 0. The largest absolute Gasteiger partial charge is 0.457 e. The van der Waals surface area contributed by atoms with Crippen molar-refractivity contribution in [3.63, 3.8) is 0 Å². The van der Waals surface area contributed by atoms with Gasteiger partial charge < -0.3 is 14.5 Å². The van der Waals surface area contributed by atoms with Crippen LogP contribution in [-0.4, -0.2) is 26.2 Å². The molecule has 0 aliphatic carbocycles. The minimum absolute atomic E-state index is 0. The second-order valence-corrected chi connectivity index (χ2v) is 7.18. The van der Waals surface area contributed by atoms with Crippen LogP contribution in [0.25, 0.3) is 0 Å². The fraction of sp³-hybridized carbons (Fsp3) is 0.429. The van der Waals surface area contributed by atoms with Gasteiger partial charge in [0.1, 0.15) is 11.5 Å². The lowest BCUT2D eigenvalue weighted by Crippen LogP contribution is -2.26. The Morgan fingerprint density at radius 1 is 0.692 bits per heavy atom. The number of hydrogen-bond acceptors (Lipinski definition) is 3. The Balaban J connectivity index is 0.000000980. The number of hydrogen-bond donors (Lipinski definition) is 0. The summed E-state index contributed by atoms with van der Waals surface area (Å²) in [7, 11) is 0. The van der Waals surface area contributed by atoms with E-state index in [4.69, 9.17) is 4.74 Å². The zero-order chi connectivity index (χ0) is 15.9. The van der Waals surface area contributed by atoms with Gasteiger partial charge in [-0.15, -0.1) is 24.8 Å². The van der Waals surface area contributed by atoms with E-state index in [2.05, 4.69) is 46.2 Å². The van der Waals surface area contributed by atoms with E-state index in [1.807, 2.05) is 0 Å². The molecule has 5 heteroatoms. The quantitative estimate of drug-likeness (QED) is 0.578. The number of anilines is 2. The lowest BCUT2D eigenvalue weighted by molar-refractivity contribution is 0.460. The first kappa shape index (κ1) is 19.2. The third-order valence-electron chi connectivity index (χ3n) is 5.65. The van der Waals surface area contributed by atoms with Gasteiger partial charge in [-0.25, -0.2) is 0 Å². The average molecular weight is 393 g/mol. The van der Waals surface area contributed by atoms with Gasteiger partial charge in [-0.3, -0.25) is 0 Å². The van der Waals surface area contributed by atoms with Crippen molar-refractivity contribution in [2.75, 3.05) is 36.0 Å². The van der Waals surface area contributed by atoms with Crippen LogP contribution in [0.3, 0.4) is 0 Å². The molecule has 3 nitrogen and oxygen atoms in total. The highest BCUT2D eigenvalue weighted by molar-refractivity contribution is 5.85. The van der Waals surface area contributed by atoms with Crippen molar-refractivity contribution in [3.05, 3.63) is 47.5 Å². The van der Waals surface area contributed by atoms with Crippen molar-refractivity contribution >= 4 is 36.2 Å². The van der Waals surface area contributed by atoms with Crippen LogP contribution in [0.15, 0.2) is 36.4 Å². The zero-order valence-electron chi connectivity index (χ0n) is 14.9. The highest BCUT2D eigenvalue weighted by Crippen LogP contribution is 2.46. The first-order valence-corrected chi connectivity index (χ1v) is 9.32. The van der Waals surface area contributed by atoms with E-state index in [0.29, 0.717) is 0 Å². The van der Waals surface area contributed by atoms with Crippen LogP contribution in [0.5, 0.6) is 11.5 Å². The molecule has 0 N–H and O–H groups in total. The van der Waals surface area contributed by atoms with Gasteiger partial charge >= 0.3 is 0 Å². The van der Waals surface area contributed by atoms with Gasteiger partial charge in [-0.2, -0.15) is 0 Å². The summed E-state index contributed by atoms with van der Waals surface area (Å²) in [6.45, 7) is 4.74. The van der Waals surface area contributed by atoms with Gasteiger partial charge in [0.25, 0.3) is 0 Å². The van der Waals surface area contributed by atoms with E-state index >= 15 is 0 Å². The molecule has 2 fully saturated rings. The Hall–Kier alpha value is -1.58. The number of halogens is 2. The summed E-state index contributed by atoms with van der Waals surface area (Å²) in [6.07, 6.45) is 6.23. The minimum Gasteiger partial charge on any atom is -0.457 e. The Bertz CT molecular complexity index is 769. The molecule has 2 aromatic rings. The van der Waals surface area contributed by atoms with Crippen molar-refractivity contribution in [1.29, 1.82) is 0 Å². The third kappa shape index (κ3) is 3.23. The molecule has 0 atom stereocenters. The molecule has 3 heterocycles. The number of rotatable bonds is 2. The molecule has 0 aromatic heterocycles. The van der Waals surface area contributed by atoms with E-state index in [-0.39, 0.29) is 24.8 Å². The molecule has 5 rings (SSSR count). The van der Waals surface area contributed by atoms with Crippen LogP contribution in [0, 0.1) is 0 Å². The molecule has 0 unspecified atom stereocenters. The molecule has 3 aliphatic rings. The summed E-state index contributed by atoms with van der Waals surface area (Å²) in [5.74, 6) is 2.07. The summed E-state index contributed by atoms with van der Waals surface area (Å²) < 4.78 is 6.25. The number of nitrogens with zero attached hydrogens (tertiary/aromatic N) is 2. The molecule has 0 amide bonds. The maximum atomic E-state index is 6.25. The predicted molar refractivity (Wildman–Crippen MR) is 113 cm³/mol. The summed E-state index contributed by atoms with van der Waals surface area (Å²) in [4.78, 5) is 5.18. The van der Waals surface area contributed by atoms with Crippen LogP contribution >= 0.6 is 24.8 Å². The molecule has 0 radical (unpaired) electrons. The second kappa shape index (κ2) is 7.98. The highest BCUT2D eigenvalue weighted by Gasteiger charge is 2.28. The highest BCUT2D eigenvalue weighted by atomic mass is 35.5. The zero-order valence-corrected chi connectivity index (χ0v) is 16.6. The fourth-order valence-electron chi connectivity index (χ4n) is 4.44. The van der Waals surface area contributed by atoms with Gasteiger partial charge in [0, 0.05) is 38.2 Å². The van der Waals surface area contributed by atoms with Crippen LogP contribution in [-0.2, 0) is 6.42 Å². The normalized spacial score (nSPS) is 17.7. The Kier molecular flexibility index (Phi) is 5.89. The van der Waals surface area contributed by atoms with E-state index in [1.165, 1.54) is 74.4 Å². The molecule has 26 heavy (non-hydrogen) atoms. The molecule has 0 spiro atoms. The van der Waals surface area contributed by atoms with Crippen LogP contribution in [0.4, 0.5) is 11.4 Å². The average Bonchev–Trinajstić information content (AvgIpc) is 3.32. The summed E-state index contributed by atoms with van der Waals surface area (Å²) in [6, 6.07) is 13.0. The molecule has 3 aliphatic heterocycles. The van der Waals surface area contributed by atoms with Gasteiger partial charge in [0.2, 0.25) is 0 Å². The van der Waals surface area contributed by atoms with E-state index in [1.54, 1.807) is 0 Å². The Labute approximate surface area is 168 Å². The molecule has 140 valence electrons. The molecule has 2 aromatic carbocycles. The van der Waals surface area contributed by atoms with Crippen LogP contribution in [0.1, 0.15) is 36.8 Å². The van der Waals surface area contributed by atoms with Crippen molar-refractivity contribution in [3.8, 4) is 11.5 Å². The first-order chi connectivity index (χ1) is 11.9. The lowest BCUT2D eigenvalue weighted by Gasteiger charge is -2.32. The monoisotopic (exact) mass is 392 g/mol. The maximum Gasteiger partial charge on any atom is 0.133 e. The minimum atomic E-state index is 0. The first-order valence-electron chi connectivity index (χ1n) is 9.32.